The van der Waals surface area contributed by atoms with Crippen molar-refractivity contribution in [3.05, 3.63) is 50.7 Å². The Kier molecular flexibility index (Phi) is 3.76. The van der Waals surface area contributed by atoms with Crippen molar-refractivity contribution >= 4 is 0 Å². The van der Waals surface area contributed by atoms with Gasteiger partial charge >= 0.3 is 5.69 Å². The van der Waals surface area contributed by atoms with Crippen LogP contribution in [-0.4, -0.2) is 14.7 Å². The molecular weight excluding hydrogens is 256 g/mol. The largest absolute Gasteiger partial charge is 0.494 e. The van der Waals surface area contributed by atoms with Crippen LogP contribution < -0.4 is 11.2 Å². The van der Waals surface area contributed by atoms with Gasteiger partial charge in [-0.2, -0.15) is 0 Å². The zero-order valence-corrected chi connectivity index (χ0v) is 11.0. The van der Waals surface area contributed by atoms with Crippen LogP contribution in [0.25, 0.3) is 11.1 Å². The molecule has 5 nitrogen and oxygen atoms in total. The molecule has 0 fully saturated rings. The predicted molar refractivity (Wildman–Crippen MR) is 76.6 cm³/mol. The summed E-state index contributed by atoms with van der Waals surface area (Å²) in [5.74, 6) is 2.03. The number of H-pyrrole nitrogens is 1. The van der Waals surface area contributed by atoms with Crippen molar-refractivity contribution in [2.24, 2.45) is 0 Å². The number of aromatic amines is 1. The number of benzene rings is 1. The number of aromatic hydroxyl groups is 1. The molecule has 5 heteroatoms. The standard InChI is InChI=1S/C15H14N2O3/c1-3-4-9-17-14(19)12(13(18)16-15(17)20)11-8-6-5-7-10(11)2/h1,5-8,19H,4,9H2,2H3,(H,16,18,20). The van der Waals surface area contributed by atoms with Crippen LogP contribution in [0.15, 0.2) is 33.9 Å². The lowest BCUT2D eigenvalue weighted by Gasteiger charge is -2.11. The molecule has 0 aliphatic carbocycles. The van der Waals surface area contributed by atoms with Gasteiger partial charge in [0.15, 0.2) is 0 Å². The summed E-state index contributed by atoms with van der Waals surface area (Å²) in [7, 11) is 0. The van der Waals surface area contributed by atoms with Gasteiger partial charge in [-0.25, -0.2) is 4.79 Å². The molecule has 1 aromatic carbocycles. The first-order chi connectivity index (χ1) is 9.56. The van der Waals surface area contributed by atoms with E-state index in [0.29, 0.717) is 5.56 Å². The third-order valence-electron chi connectivity index (χ3n) is 3.07. The lowest BCUT2D eigenvalue weighted by Crippen LogP contribution is -2.31. The van der Waals surface area contributed by atoms with E-state index < -0.39 is 11.2 Å². The normalized spacial score (nSPS) is 10.2. The van der Waals surface area contributed by atoms with E-state index in [9.17, 15) is 14.7 Å². The van der Waals surface area contributed by atoms with Crippen molar-refractivity contribution < 1.29 is 5.11 Å². The van der Waals surface area contributed by atoms with Crippen LogP contribution in [0.2, 0.25) is 0 Å². The molecule has 0 saturated heterocycles. The summed E-state index contributed by atoms with van der Waals surface area (Å²) in [5.41, 5.74) is 0.217. The molecule has 0 atom stereocenters. The second kappa shape index (κ2) is 5.49. The molecule has 102 valence electrons. The second-order valence-corrected chi connectivity index (χ2v) is 4.38. The van der Waals surface area contributed by atoms with E-state index in [1.54, 1.807) is 12.1 Å². The maximum atomic E-state index is 12.0. The fourth-order valence-electron chi connectivity index (χ4n) is 2.04. The molecule has 1 heterocycles. The maximum absolute atomic E-state index is 12.0. The number of nitrogens with one attached hydrogen (secondary N) is 1. The average Bonchev–Trinajstić information content (AvgIpc) is 2.40. The first-order valence-corrected chi connectivity index (χ1v) is 6.11. The smallest absolute Gasteiger partial charge is 0.331 e. The zero-order chi connectivity index (χ0) is 14.7. The lowest BCUT2D eigenvalue weighted by atomic mass is 10.0. The molecule has 0 bridgehead atoms. The highest BCUT2D eigenvalue weighted by Gasteiger charge is 2.16. The van der Waals surface area contributed by atoms with Crippen molar-refractivity contribution in [2.75, 3.05) is 0 Å². The monoisotopic (exact) mass is 270 g/mol. The SMILES string of the molecule is C#CCCn1c(O)c(-c2ccccc2C)c(=O)[nH]c1=O. The van der Waals surface area contributed by atoms with E-state index in [-0.39, 0.29) is 24.4 Å². The minimum absolute atomic E-state index is 0.0831. The first kappa shape index (κ1) is 13.7. The summed E-state index contributed by atoms with van der Waals surface area (Å²) in [6.07, 6.45) is 5.45. The molecule has 0 saturated carbocycles. The molecule has 0 radical (unpaired) electrons. The number of hydrogen-bond acceptors (Lipinski definition) is 3. The van der Waals surface area contributed by atoms with E-state index in [2.05, 4.69) is 10.9 Å². The third-order valence-corrected chi connectivity index (χ3v) is 3.07. The maximum Gasteiger partial charge on any atom is 0.331 e. The van der Waals surface area contributed by atoms with Gasteiger partial charge in [-0.1, -0.05) is 24.3 Å². The summed E-state index contributed by atoms with van der Waals surface area (Å²) in [5, 5.41) is 10.2. The minimum atomic E-state index is -0.667. The number of aromatic nitrogens is 2. The van der Waals surface area contributed by atoms with Crippen molar-refractivity contribution in [2.45, 2.75) is 19.9 Å². The highest BCUT2D eigenvalue weighted by molar-refractivity contribution is 5.70. The fourth-order valence-corrected chi connectivity index (χ4v) is 2.04. The summed E-state index contributed by atoms with van der Waals surface area (Å²) in [6.45, 7) is 1.97. The summed E-state index contributed by atoms with van der Waals surface area (Å²) < 4.78 is 1.07. The van der Waals surface area contributed by atoms with E-state index in [0.717, 1.165) is 10.1 Å². The van der Waals surface area contributed by atoms with E-state index >= 15 is 0 Å². The molecule has 0 aliphatic heterocycles. The Bertz CT molecular complexity index is 794. The van der Waals surface area contributed by atoms with Gasteiger partial charge in [-0.15, -0.1) is 12.3 Å². The summed E-state index contributed by atoms with van der Waals surface area (Å²) in [6, 6.07) is 7.14. The van der Waals surface area contributed by atoms with E-state index in [4.69, 9.17) is 6.42 Å². The molecular formula is C15H14N2O3. The van der Waals surface area contributed by atoms with Gasteiger partial charge in [0.05, 0.1) is 0 Å². The van der Waals surface area contributed by atoms with Crippen LogP contribution in [0.1, 0.15) is 12.0 Å². The third kappa shape index (κ3) is 2.36. The number of rotatable bonds is 3. The average molecular weight is 270 g/mol. The van der Waals surface area contributed by atoms with Crippen LogP contribution in [0.5, 0.6) is 5.88 Å². The van der Waals surface area contributed by atoms with Crippen LogP contribution in [0, 0.1) is 19.3 Å². The second-order valence-electron chi connectivity index (χ2n) is 4.38. The van der Waals surface area contributed by atoms with Crippen LogP contribution in [0.4, 0.5) is 0 Å². The fraction of sp³-hybridized carbons (Fsp3) is 0.200. The Labute approximate surface area is 115 Å². The Morgan fingerprint density at radius 1 is 1.35 bits per heavy atom. The highest BCUT2D eigenvalue weighted by atomic mass is 16.3. The molecule has 0 spiro atoms. The minimum Gasteiger partial charge on any atom is -0.494 e. The van der Waals surface area contributed by atoms with Gasteiger partial charge in [-0.3, -0.25) is 14.3 Å². The summed E-state index contributed by atoms with van der Waals surface area (Å²) in [4.78, 5) is 25.9. The van der Waals surface area contributed by atoms with Crippen molar-refractivity contribution in [3.8, 4) is 29.4 Å². The molecule has 1 aromatic heterocycles. The first-order valence-electron chi connectivity index (χ1n) is 6.11. The van der Waals surface area contributed by atoms with E-state index in [1.165, 1.54) is 0 Å². The van der Waals surface area contributed by atoms with Crippen molar-refractivity contribution in [1.82, 2.24) is 9.55 Å². The van der Waals surface area contributed by atoms with Gasteiger partial charge in [-0.05, 0) is 18.1 Å². The molecule has 20 heavy (non-hydrogen) atoms. The molecule has 2 aromatic rings. The van der Waals surface area contributed by atoms with Gasteiger partial charge in [0.2, 0.25) is 5.88 Å². The molecule has 0 aliphatic rings. The Balaban J connectivity index is 2.72. The van der Waals surface area contributed by atoms with Crippen LogP contribution in [0.3, 0.4) is 0 Å². The Hall–Kier alpha value is -2.74. The van der Waals surface area contributed by atoms with Gasteiger partial charge < -0.3 is 5.11 Å². The molecule has 0 amide bonds. The van der Waals surface area contributed by atoms with Crippen LogP contribution >= 0.6 is 0 Å². The highest BCUT2D eigenvalue weighted by Crippen LogP contribution is 2.26. The van der Waals surface area contributed by atoms with Gasteiger partial charge in [0, 0.05) is 13.0 Å². The Morgan fingerprint density at radius 2 is 2.05 bits per heavy atom. The van der Waals surface area contributed by atoms with Crippen molar-refractivity contribution in [1.29, 1.82) is 0 Å². The zero-order valence-electron chi connectivity index (χ0n) is 11.0. The number of aryl methyl sites for hydroxylation is 1. The Morgan fingerprint density at radius 3 is 2.70 bits per heavy atom. The molecule has 0 unspecified atom stereocenters. The summed E-state index contributed by atoms with van der Waals surface area (Å²) >= 11 is 0. The van der Waals surface area contributed by atoms with E-state index in [1.807, 2.05) is 19.1 Å². The lowest BCUT2D eigenvalue weighted by molar-refractivity contribution is 0.404. The quantitative estimate of drug-likeness (QED) is 0.824. The molecule has 2 rings (SSSR count). The predicted octanol–water partition coefficient (Wildman–Crippen LogP) is 1.24. The van der Waals surface area contributed by atoms with Crippen molar-refractivity contribution in [3.63, 3.8) is 0 Å². The number of terminal acetylenes is 1. The van der Waals surface area contributed by atoms with Crippen LogP contribution in [-0.2, 0) is 6.54 Å². The van der Waals surface area contributed by atoms with Gasteiger partial charge in [0.25, 0.3) is 5.56 Å². The van der Waals surface area contributed by atoms with Gasteiger partial charge in [0.1, 0.15) is 5.56 Å². The number of nitrogens with zero attached hydrogens (tertiary/aromatic N) is 1. The number of hydrogen-bond donors (Lipinski definition) is 2. The topological polar surface area (TPSA) is 75.1 Å². The molecule has 2 N–H and O–H groups in total.